The smallest absolute Gasteiger partial charge is 0.352 e. The number of hydrogen-bond acceptors (Lipinski definition) is 8. The Bertz CT molecular complexity index is 1110. The van der Waals surface area contributed by atoms with Crippen LogP contribution < -0.4 is 11.1 Å². The van der Waals surface area contributed by atoms with Crippen LogP contribution in [0.4, 0.5) is 5.13 Å². The van der Waals surface area contributed by atoms with Gasteiger partial charge >= 0.3 is 5.97 Å². The monoisotopic (exact) mass is 489 g/mol. The number of carbonyl (C=O) groups is 4. The summed E-state index contributed by atoms with van der Waals surface area (Å²) < 4.78 is 0. The highest BCUT2D eigenvalue weighted by atomic mass is 32.2. The molecule has 33 heavy (non-hydrogen) atoms. The molecule has 2 unspecified atom stereocenters. The van der Waals surface area contributed by atoms with Crippen molar-refractivity contribution in [3.05, 3.63) is 34.0 Å². The van der Waals surface area contributed by atoms with Gasteiger partial charge in [-0.25, -0.2) is 9.78 Å². The van der Waals surface area contributed by atoms with Crippen molar-refractivity contribution < 1.29 is 24.3 Å². The van der Waals surface area contributed by atoms with Crippen molar-refractivity contribution in [3.8, 4) is 0 Å². The van der Waals surface area contributed by atoms with Gasteiger partial charge in [0.1, 0.15) is 17.1 Å². The standard InChI is InChI=1S/C21H23N5O5S2/c22-21-23-13(9-33-21)6-14(27)24-15-18(29)26-16(20(30)31)12(8-32-19(15)26)5-11-3-4-25(17(11)28)7-10-1-2-10/h5,9-10,15,19H,1-4,6-8H2,(H2,22,23)(H,24,27)(H,30,31). The number of allylic oxidation sites excluding steroid dienone is 1. The normalized spacial score (nSPS) is 26.0. The van der Waals surface area contributed by atoms with Gasteiger partial charge < -0.3 is 21.1 Å². The lowest BCUT2D eigenvalue weighted by Gasteiger charge is -2.49. The molecule has 1 aliphatic carbocycles. The molecular weight excluding hydrogens is 466 g/mol. The third-order valence-corrected chi connectivity index (χ3v) is 8.19. The van der Waals surface area contributed by atoms with Crippen molar-refractivity contribution in [1.29, 1.82) is 0 Å². The molecule has 2 saturated heterocycles. The highest BCUT2D eigenvalue weighted by Crippen LogP contribution is 2.41. The lowest BCUT2D eigenvalue weighted by molar-refractivity contribution is -0.150. The number of nitrogen functional groups attached to an aromatic ring is 1. The van der Waals surface area contributed by atoms with Crippen molar-refractivity contribution in [1.82, 2.24) is 20.1 Å². The summed E-state index contributed by atoms with van der Waals surface area (Å²) in [6.45, 7) is 1.41. The number of likely N-dealkylation sites (tertiary alicyclic amines) is 1. The summed E-state index contributed by atoms with van der Waals surface area (Å²) in [5, 5.41) is 14.1. The molecule has 12 heteroatoms. The van der Waals surface area contributed by atoms with E-state index in [9.17, 15) is 24.3 Å². The molecule has 5 rings (SSSR count). The molecule has 4 heterocycles. The van der Waals surface area contributed by atoms with E-state index in [0.29, 0.717) is 46.6 Å². The van der Waals surface area contributed by atoms with Crippen LogP contribution >= 0.6 is 23.1 Å². The summed E-state index contributed by atoms with van der Waals surface area (Å²) in [5.74, 6) is -1.19. The lowest BCUT2D eigenvalue weighted by Crippen LogP contribution is -2.70. The topological polar surface area (TPSA) is 146 Å². The van der Waals surface area contributed by atoms with Gasteiger partial charge in [-0.1, -0.05) is 0 Å². The minimum absolute atomic E-state index is 0.00664. The zero-order chi connectivity index (χ0) is 23.3. The van der Waals surface area contributed by atoms with Gasteiger partial charge in [0.15, 0.2) is 5.13 Å². The molecule has 2 atom stereocenters. The average Bonchev–Trinajstić information content (AvgIpc) is 3.42. The second-order valence-electron chi connectivity index (χ2n) is 8.60. The van der Waals surface area contributed by atoms with Crippen LogP contribution in [-0.4, -0.2) is 73.8 Å². The van der Waals surface area contributed by atoms with E-state index >= 15 is 0 Å². The van der Waals surface area contributed by atoms with Gasteiger partial charge in [0.2, 0.25) is 11.8 Å². The predicted octanol–water partition coefficient (Wildman–Crippen LogP) is 0.575. The van der Waals surface area contributed by atoms with Crippen LogP contribution in [0, 0.1) is 5.92 Å². The maximum absolute atomic E-state index is 12.8. The number of carbonyl (C=O) groups excluding carboxylic acids is 3. The molecule has 10 nitrogen and oxygen atoms in total. The van der Waals surface area contributed by atoms with Gasteiger partial charge in [0, 0.05) is 29.8 Å². The number of rotatable bonds is 7. The molecule has 3 fully saturated rings. The van der Waals surface area contributed by atoms with E-state index in [2.05, 4.69) is 10.3 Å². The highest BCUT2D eigenvalue weighted by Gasteiger charge is 2.54. The number of nitrogens with zero attached hydrogens (tertiary/aromatic N) is 3. The summed E-state index contributed by atoms with van der Waals surface area (Å²) in [4.78, 5) is 57.0. The zero-order valence-electron chi connectivity index (χ0n) is 17.7. The Morgan fingerprint density at radius 1 is 1.33 bits per heavy atom. The molecule has 4 N–H and O–H groups in total. The van der Waals surface area contributed by atoms with Crippen molar-refractivity contribution in [2.75, 3.05) is 24.6 Å². The largest absolute Gasteiger partial charge is 0.477 e. The van der Waals surface area contributed by atoms with E-state index in [1.54, 1.807) is 11.5 Å². The van der Waals surface area contributed by atoms with Crippen molar-refractivity contribution >= 4 is 51.9 Å². The number of β-lactam (4-membered cyclic amide) rings is 1. The first-order valence-corrected chi connectivity index (χ1v) is 12.6. The molecule has 0 radical (unpaired) electrons. The number of aliphatic carboxylic acids is 1. The van der Waals surface area contributed by atoms with Crippen molar-refractivity contribution in [2.45, 2.75) is 37.1 Å². The lowest BCUT2D eigenvalue weighted by atomic mass is 10.0. The molecule has 3 aliphatic heterocycles. The summed E-state index contributed by atoms with van der Waals surface area (Å²) in [6, 6.07) is -0.802. The van der Waals surface area contributed by atoms with Gasteiger partial charge in [0.25, 0.3) is 5.91 Å². The Hall–Kier alpha value is -2.86. The number of thiazole rings is 1. The average molecular weight is 490 g/mol. The molecule has 174 valence electrons. The number of anilines is 1. The second-order valence-corrected chi connectivity index (χ2v) is 10.6. The Kier molecular flexibility index (Phi) is 5.65. The summed E-state index contributed by atoms with van der Waals surface area (Å²) in [7, 11) is 0. The second kappa shape index (κ2) is 8.49. The predicted molar refractivity (Wildman–Crippen MR) is 122 cm³/mol. The minimum atomic E-state index is -1.22. The first kappa shape index (κ1) is 22.0. The number of carboxylic acid groups (broad SMARTS) is 1. The van der Waals surface area contributed by atoms with Gasteiger partial charge in [-0.2, -0.15) is 0 Å². The van der Waals surface area contributed by atoms with Gasteiger partial charge in [-0.15, -0.1) is 23.1 Å². The van der Waals surface area contributed by atoms with E-state index < -0.39 is 23.3 Å². The Morgan fingerprint density at radius 2 is 2.12 bits per heavy atom. The first-order chi connectivity index (χ1) is 15.8. The van der Waals surface area contributed by atoms with E-state index in [4.69, 9.17) is 5.73 Å². The fraction of sp³-hybridized carbons (Fsp3) is 0.476. The van der Waals surface area contributed by atoms with Crippen LogP contribution in [0.1, 0.15) is 25.0 Å². The van der Waals surface area contributed by atoms with E-state index in [-0.39, 0.29) is 23.9 Å². The third-order valence-electron chi connectivity index (χ3n) is 6.16. The van der Waals surface area contributed by atoms with Crippen LogP contribution in [0.3, 0.4) is 0 Å². The molecular formula is C21H23N5O5S2. The van der Waals surface area contributed by atoms with E-state index in [1.807, 2.05) is 4.90 Å². The number of carboxylic acids is 1. The number of nitrogens with two attached hydrogens (primary N) is 1. The number of fused-ring (bicyclic) bond motifs is 1. The van der Waals surface area contributed by atoms with Crippen molar-refractivity contribution in [3.63, 3.8) is 0 Å². The van der Waals surface area contributed by atoms with Crippen LogP contribution in [0.2, 0.25) is 0 Å². The number of aromatic nitrogens is 1. The summed E-state index contributed by atoms with van der Waals surface area (Å²) in [5.41, 5.74) is 7.03. The van der Waals surface area contributed by atoms with E-state index in [0.717, 1.165) is 19.4 Å². The maximum atomic E-state index is 12.8. The molecule has 3 amide bonds. The van der Waals surface area contributed by atoms with Gasteiger partial charge in [-0.05, 0) is 36.8 Å². The van der Waals surface area contributed by atoms with Crippen LogP contribution in [0.15, 0.2) is 28.3 Å². The number of thioether (sulfide) groups is 1. The highest BCUT2D eigenvalue weighted by molar-refractivity contribution is 8.00. The molecule has 1 aromatic heterocycles. The minimum Gasteiger partial charge on any atom is -0.477 e. The van der Waals surface area contributed by atoms with Crippen LogP contribution in [0.25, 0.3) is 0 Å². The number of hydrogen-bond donors (Lipinski definition) is 3. The maximum Gasteiger partial charge on any atom is 0.352 e. The number of nitrogens with one attached hydrogen (secondary N) is 1. The first-order valence-electron chi connectivity index (χ1n) is 10.7. The molecule has 0 aromatic carbocycles. The zero-order valence-corrected chi connectivity index (χ0v) is 19.3. The Morgan fingerprint density at radius 3 is 2.79 bits per heavy atom. The molecule has 1 aromatic rings. The molecule has 4 aliphatic rings. The fourth-order valence-electron chi connectivity index (χ4n) is 4.34. The fourth-order valence-corrected chi connectivity index (χ4v) is 6.21. The Balaban J connectivity index is 1.29. The molecule has 0 bridgehead atoms. The number of amides is 3. The Labute approximate surface area is 197 Å². The molecule has 1 saturated carbocycles. The third kappa shape index (κ3) is 4.24. The summed E-state index contributed by atoms with van der Waals surface area (Å²) in [6.07, 6.45) is 4.52. The quantitative estimate of drug-likeness (QED) is 0.372. The SMILES string of the molecule is Nc1nc(CC(=O)NC2C(=O)N3C(C(=O)O)=C(C=C4CCN(CC5CC5)C4=O)CSC23)cs1. The molecule has 0 spiro atoms. The summed E-state index contributed by atoms with van der Waals surface area (Å²) >= 11 is 2.61. The van der Waals surface area contributed by atoms with Crippen molar-refractivity contribution in [2.24, 2.45) is 5.92 Å². The van der Waals surface area contributed by atoms with Gasteiger partial charge in [-0.3, -0.25) is 19.3 Å². The van der Waals surface area contributed by atoms with Crippen LogP contribution in [0.5, 0.6) is 0 Å². The van der Waals surface area contributed by atoms with Gasteiger partial charge in [0.05, 0.1) is 12.1 Å². The van der Waals surface area contributed by atoms with Crippen LogP contribution in [-0.2, 0) is 25.6 Å². The van der Waals surface area contributed by atoms with E-state index in [1.165, 1.54) is 28.0 Å².